The minimum Gasteiger partial charge on any atom is -0.462 e. The molecule has 0 spiro atoms. The third kappa shape index (κ3) is 6.36. The van der Waals surface area contributed by atoms with Gasteiger partial charge in [-0.2, -0.15) is 15.2 Å². The van der Waals surface area contributed by atoms with Crippen LogP contribution >= 0.6 is 11.6 Å². The number of hydrogen-bond acceptors (Lipinski definition) is 9. The van der Waals surface area contributed by atoms with Crippen molar-refractivity contribution in [3.05, 3.63) is 65.4 Å². The Morgan fingerprint density at radius 2 is 1.95 bits per heavy atom. The molecule has 44 heavy (non-hydrogen) atoms. The first-order valence-corrected chi connectivity index (χ1v) is 16.2. The molecule has 232 valence electrons. The molecule has 4 heterocycles. The van der Waals surface area contributed by atoms with Gasteiger partial charge in [-0.3, -0.25) is 4.90 Å². The highest BCUT2D eigenvalue weighted by molar-refractivity contribution is 6.18. The second kappa shape index (κ2) is 13.7. The van der Waals surface area contributed by atoms with Crippen LogP contribution in [-0.2, 0) is 13.0 Å². The Morgan fingerprint density at radius 1 is 1.11 bits per heavy atom. The minimum absolute atomic E-state index is 0.149. The summed E-state index contributed by atoms with van der Waals surface area (Å²) in [6.45, 7) is 7.20. The van der Waals surface area contributed by atoms with Crippen molar-refractivity contribution in [2.45, 2.75) is 57.5 Å². The number of piperazine rings is 1. The molecular formula is C34H42ClN7O2. The van der Waals surface area contributed by atoms with Gasteiger partial charge in [-0.15, -0.1) is 11.6 Å². The van der Waals surface area contributed by atoms with Gasteiger partial charge in [0.2, 0.25) is 0 Å². The Kier molecular flexibility index (Phi) is 9.53. The number of aliphatic hydroxyl groups is 1. The number of anilines is 2. The summed E-state index contributed by atoms with van der Waals surface area (Å²) in [5.41, 5.74) is 4.63. The van der Waals surface area contributed by atoms with E-state index in [1.807, 2.05) is 4.90 Å². The van der Waals surface area contributed by atoms with E-state index in [1.165, 1.54) is 28.4 Å². The maximum atomic E-state index is 10.8. The van der Waals surface area contributed by atoms with Crippen molar-refractivity contribution in [2.75, 3.05) is 62.1 Å². The number of allylic oxidation sites excluding steroid dienone is 1. The Balaban J connectivity index is 1.32. The largest absolute Gasteiger partial charge is 0.462 e. The van der Waals surface area contributed by atoms with Gasteiger partial charge in [0, 0.05) is 60.8 Å². The zero-order chi connectivity index (χ0) is 30.6. The van der Waals surface area contributed by atoms with Crippen LogP contribution in [-0.4, -0.2) is 95.4 Å². The van der Waals surface area contributed by atoms with Crippen molar-refractivity contribution < 1.29 is 9.84 Å². The summed E-state index contributed by atoms with van der Waals surface area (Å²) in [5.74, 6) is 1.23. The average Bonchev–Trinajstić information content (AvgIpc) is 3.46. The first kappa shape index (κ1) is 30.6. The molecule has 0 amide bonds. The topological polar surface area (TPSA) is 92.0 Å². The highest BCUT2D eigenvalue weighted by Crippen LogP contribution is 2.36. The molecule has 0 saturated carbocycles. The number of likely N-dealkylation sites (N-methyl/N-ethyl adjacent to an activating group) is 1. The summed E-state index contributed by atoms with van der Waals surface area (Å²) in [4.78, 5) is 19.1. The molecule has 3 aliphatic heterocycles. The average molecular weight is 616 g/mol. The van der Waals surface area contributed by atoms with Crippen LogP contribution in [0.1, 0.15) is 36.1 Å². The van der Waals surface area contributed by atoms with Crippen LogP contribution < -0.4 is 14.5 Å². The van der Waals surface area contributed by atoms with Gasteiger partial charge in [-0.25, -0.2) is 0 Å². The predicted octanol–water partition coefficient (Wildman–Crippen LogP) is 4.49. The fraction of sp³-hybridized carbons (Fsp3) is 0.500. The van der Waals surface area contributed by atoms with Crippen LogP contribution in [0, 0.1) is 18.3 Å². The van der Waals surface area contributed by atoms with Gasteiger partial charge in [-0.1, -0.05) is 36.4 Å². The fourth-order valence-electron chi connectivity index (χ4n) is 7.03. The van der Waals surface area contributed by atoms with Gasteiger partial charge in [0.1, 0.15) is 18.7 Å². The van der Waals surface area contributed by atoms with E-state index >= 15 is 0 Å². The Bertz CT molecular complexity index is 1540. The number of halogens is 1. The van der Waals surface area contributed by atoms with E-state index in [0.717, 1.165) is 43.0 Å². The maximum Gasteiger partial charge on any atom is 0.318 e. The molecule has 9 nitrogen and oxygen atoms in total. The second-order valence-electron chi connectivity index (χ2n) is 12.2. The van der Waals surface area contributed by atoms with E-state index in [1.54, 1.807) is 12.2 Å². The number of alkyl halides is 1. The lowest BCUT2D eigenvalue weighted by Crippen LogP contribution is -2.56. The van der Waals surface area contributed by atoms with E-state index in [0.29, 0.717) is 57.1 Å². The third-order valence-electron chi connectivity index (χ3n) is 9.42. The first-order chi connectivity index (χ1) is 21.5. The van der Waals surface area contributed by atoms with Crippen molar-refractivity contribution in [3.8, 4) is 12.1 Å². The summed E-state index contributed by atoms with van der Waals surface area (Å²) >= 11 is 5.82. The molecule has 1 aromatic heterocycles. The first-order valence-electron chi connectivity index (χ1n) is 15.7. The van der Waals surface area contributed by atoms with Gasteiger partial charge >= 0.3 is 6.01 Å². The zero-order valence-corrected chi connectivity index (χ0v) is 26.5. The lowest BCUT2D eigenvalue weighted by Gasteiger charge is -2.43. The van der Waals surface area contributed by atoms with Crippen LogP contribution in [0.4, 0.5) is 11.5 Å². The van der Waals surface area contributed by atoms with Crippen molar-refractivity contribution in [1.29, 1.82) is 5.26 Å². The van der Waals surface area contributed by atoms with Crippen molar-refractivity contribution in [1.82, 2.24) is 19.8 Å². The molecule has 3 aromatic rings. The molecule has 10 heteroatoms. The van der Waals surface area contributed by atoms with E-state index in [-0.39, 0.29) is 6.04 Å². The van der Waals surface area contributed by atoms with Gasteiger partial charge in [0.05, 0.1) is 24.7 Å². The molecule has 2 aromatic carbocycles. The van der Waals surface area contributed by atoms with Gasteiger partial charge in [0.25, 0.3) is 0 Å². The molecule has 3 aliphatic rings. The van der Waals surface area contributed by atoms with Gasteiger partial charge in [-0.05, 0) is 62.9 Å². The van der Waals surface area contributed by atoms with Gasteiger partial charge in [0.15, 0.2) is 0 Å². The smallest absolute Gasteiger partial charge is 0.318 e. The van der Waals surface area contributed by atoms with E-state index in [9.17, 15) is 10.4 Å². The molecule has 1 N–H and O–H groups in total. The molecule has 0 bridgehead atoms. The molecule has 0 radical (unpaired) electrons. The predicted molar refractivity (Wildman–Crippen MR) is 175 cm³/mol. The number of hydrogen-bond donors (Lipinski definition) is 1. The maximum absolute atomic E-state index is 10.8. The summed E-state index contributed by atoms with van der Waals surface area (Å²) in [7, 11) is 2.15. The monoisotopic (exact) mass is 615 g/mol. The summed E-state index contributed by atoms with van der Waals surface area (Å²) in [6.07, 6.45) is 6.07. The molecule has 2 saturated heterocycles. The Hall–Kier alpha value is -3.42. The van der Waals surface area contributed by atoms with Crippen LogP contribution in [0.2, 0.25) is 0 Å². The minimum atomic E-state index is -0.784. The number of nitriles is 1. The fourth-order valence-corrected chi connectivity index (χ4v) is 7.13. The lowest BCUT2D eigenvalue weighted by atomic mass is 9.99. The number of nitrogens with zero attached hydrogens (tertiary/aromatic N) is 7. The van der Waals surface area contributed by atoms with Crippen molar-refractivity contribution in [3.63, 3.8) is 0 Å². The molecule has 2 fully saturated rings. The standard InChI is InChI=1S/C34H42ClN7O2/c1-24-7-3-8-25-9-4-11-30(32(24)25)40-18-14-28-29(22-40)37-34(44-23-27-10-6-17-39(27)2)38-33(28)41-19-20-42(26(21-41)13-16-36)31(43)12-5-15-35/h3-5,7-9,11-12,26-27,31,43H,6,10,13-15,17-23H2,1-2H3/b12-5+/t26-,27-,31?/m0/s1. The van der Waals surface area contributed by atoms with Crippen LogP contribution in [0.15, 0.2) is 48.6 Å². The quantitative estimate of drug-likeness (QED) is 0.276. The molecule has 6 rings (SSSR count). The number of likely N-dealkylation sites (tertiary alicyclic amines) is 1. The van der Waals surface area contributed by atoms with E-state index in [2.05, 4.69) is 71.1 Å². The molecule has 0 aliphatic carbocycles. The Labute approximate surface area is 265 Å². The normalized spacial score (nSPS) is 22.0. The number of aliphatic hydroxyl groups excluding tert-OH is 1. The van der Waals surface area contributed by atoms with Crippen LogP contribution in [0.25, 0.3) is 10.8 Å². The highest BCUT2D eigenvalue weighted by atomic mass is 35.5. The number of fused-ring (bicyclic) bond motifs is 2. The van der Waals surface area contributed by atoms with Crippen LogP contribution in [0.5, 0.6) is 6.01 Å². The van der Waals surface area contributed by atoms with E-state index in [4.69, 9.17) is 26.3 Å². The number of benzene rings is 2. The molecular weight excluding hydrogens is 574 g/mol. The highest BCUT2D eigenvalue weighted by Gasteiger charge is 2.34. The summed E-state index contributed by atoms with van der Waals surface area (Å²) in [5, 5.41) is 23.0. The number of aromatic nitrogens is 2. The third-order valence-corrected chi connectivity index (χ3v) is 9.60. The zero-order valence-electron chi connectivity index (χ0n) is 25.7. The second-order valence-corrected chi connectivity index (χ2v) is 12.5. The number of aryl methyl sites for hydroxylation is 1. The number of rotatable bonds is 9. The van der Waals surface area contributed by atoms with E-state index < -0.39 is 6.23 Å². The lowest BCUT2D eigenvalue weighted by molar-refractivity contribution is 0.00401. The number of ether oxygens (including phenoxy) is 1. The molecule has 3 atom stereocenters. The summed E-state index contributed by atoms with van der Waals surface area (Å²) in [6, 6.07) is 15.9. The van der Waals surface area contributed by atoms with Crippen molar-refractivity contribution >= 4 is 33.9 Å². The van der Waals surface area contributed by atoms with Crippen molar-refractivity contribution in [2.24, 2.45) is 0 Å². The van der Waals surface area contributed by atoms with Crippen LogP contribution in [0.3, 0.4) is 0 Å². The molecule has 1 unspecified atom stereocenters. The SMILES string of the molecule is Cc1cccc2cccc(N3CCc4c(nc(OC[C@@H]5CCCN5C)nc4N4CCN(C(O)/C=C/CCl)[C@@H](CC#N)C4)C3)c12. The summed E-state index contributed by atoms with van der Waals surface area (Å²) < 4.78 is 6.33. The van der Waals surface area contributed by atoms with Gasteiger partial charge < -0.3 is 24.5 Å². The Morgan fingerprint density at radius 3 is 2.73 bits per heavy atom.